The molecule has 0 saturated carbocycles. The molecule has 0 aliphatic carbocycles. The van der Waals surface area contributed by atoms with Crippen LogP contribution in [0.25, 0.3) is 0 Å². The molecule has 1 N–H and O–H groups in total. The zero-order chi connectivity index (χ0) is 20.1. The molecule has 1 aliphatic rings. The minimum atomic E-state index is -3.64. The molecule has 6 nitrogen and oxygen atoms in total. The van der Waals surface area contributed by atoms with Gasteiger partial charge in [0.2, 0.25) is 15.9 Å². The summed E-state index contributed by atoms with van der Waals surface area (Å²) in [5.74, 6) is -0.759. The lowest BCUT2D eigenvalue weighted by molar-refractivity contribution is -0.116. The Kier molecular flexibility index (Phi) is 6.66. The number of halogens is 2. The minimum Gasteiger partial charge on any atom is -0.324 e. The maximum absolute atomic E-state index is 13.6. The third-order valence-corrected chi connectivity index (χ3v) is 6.99. The maximum Gasteiger partial charge on any atom is 0.244 e. The summed E-state index contributed by atoms with van der Waals surface area (Å²) in [5.41, 5.74) is 0.156. The van der Waals surface area contributed by atoms with Crippen LogP contribution in [0.4, 0.5) is 10.1 Å². The van der Waals surface area contributed by atoms with Crippen molar-refractivity contribution >= 4 is 33.2 Å². The fraction of sp³-hybridized carbons (Fsp3) is 0.316. The van der Waals surface area contributed by atoms with Crippen LogP contribution in [0, 0.1) is 5.82 Å². The van der Waals surface area contributed by atoms with E-state index in [1.807, 2.05) is 4.90 Å². The highest BCUT2D eigenvalue weighted by molar-refractivity contribution is 7.89. The number of hydrogen-bond acceptors (Lipinski definition) is 4. The van der Waals surface area contributed by atoms with Crippen LogP contribution in [0.15, 0.2) is 53.4 Å². The Bertz CT molecular complexity index is 947. The highest BCUT2D eigenvalue weighted by Gasteiger charge is 2.29. The summed E-state index contributed by atoms with van der Waals surface area (Å²) in [6.45, 7) is 2.14. The van der Waals surface area contributed by atoms with Gasteiger partial charge in [-0.3, -0.25) is 4.79 Å². The molecule has 0 spiro atoms. The molecule has 2 aromatic carbocycles. The molecule has 1 saturated heterocycles. The van der Waals surface area contributed by atoms with Crippen LogP contribution in [0.3, 0.4) is 0 Å². The van der Waals surface area contributed by atoms with Crippen molar-refractivity contribution in [2.75, 3.05) is 38.0 Å². The molecule has 1 amide bonds. The zero-order valence-electron chi connectivity index (χ0n) is 15.1. The van der Waals surface area contributed by atoms with Gasteiger partial charge in [-0.2, -0.15) is 4.31 Å². The Morgan fingerprint density at radius 3 is 2.36 bits per heavy atom. The SMILES string of the molecule is O=C(CCN1CCN(S(=O)(=O)c2ccccc2Cl)CC1)Nc1ccccc1F. The van der Waals surface area contributed by atoms with Crippen molar-refractivity contribution in [3.63, 3.8) is 0 Å². The number of piperazine rings is 1. The number of nitrogens with one attached hydrogen (secondary N) is 1. The monoisotopic (exact) mass is 425 g/mol. The van der Waals surface area contributed by atoms with E-state index < -0.39 is 15.8 Å². The van der Waals surface area contributed by atoms with Crippen molar-refractivity contribution in [2.24, 2.45) is 0 Å². The van der Waals surface area contributed by atoms with Gasteiger partial charge in [0.05, 0.1) is 10.7 Å². The fourth-order valence-electron chi connectivity index (χ4n) is 3.02. The summed E-state index contributed by atoms with van der Waals surface area (Å²) in [6.07, 6.45) is 0.200. The topological polar surface area (TPSA) is 69.7 Å². The van der Waals surface area contributed by atoms with Crippen molar-refractivity contribution in [1.82, 2.24) is 9.21 Å². The van der Waals surface area contributed by atoms with E-state index in [2.05, 4.69) is 5.32 Å². The predicted octanol–water partition coefficient (Wildman–Crippen LogP) is 2.81. The van der Waals surface area contributed by atoms with E-state index in [0.29, 0.717) is 32.7 Å². The van der Waals surface area contributed by atoms with Gasteiger partial charge in [-0.15, -0.1) is 0 Å². The highest BCUT2D eigenvalue weighted by atomic mass is 35.5. The summed E-state index contributed by atoms with van der Waals surface area (Å²) in [7, 11) is -3.64. The molecule has 9 heteroatoms. The number of benzene rings is 2. The van der Waals surface area contributed by atoms with Gasteiger partial charge in [0.25, 0.3) is 0 Å². The van der Waals surface area contributed by atoms with Gasteiger partial charge >= 0.3 is 0 Å². The van der Waals surface area contributed by atoms with Gasteiger partial charge in [-0.25, -0.2) is 12.8 Å². The van der Waals surface area contributed by atoms with Crippen LogP contribution in [0.2, 0.25) is 5.02 Å². The number of anilines is 1. The number of amides is 1. The lowest BCUT2D eigenvalue weighted by atomic mass is 10.2. The van der Waals surface area contributed by atoms with Gasteiger partial charge in [-0.1, -0.05) is 35.9 Å². The van der Waals surface area contributed by atoms with Crippen LogP contribution in [0.1, 0.15) is 6.42 Å². The molecule has 0 atom stereocenters. The Labute approximate surface area is 168 Å². The molecular formula is C19H21ClFN3O3S. The van der Waals surface area contributed by atoms with Crippen LogP contribution in [-0.2, 0) is 14.8 Å². The van der Waals surface area contributed by atoms with E-state index in [4.69, 9.17) is 11.6 Å². The number of rotatable bonds is 6. The molecule has 1 fully saturated rings. The first-order chi connectivity index (χ1) is 13.4. The first kappa shape index (κ1) is 20.7. The molecule has 0 aromatic heterocycles. The van der Waals surface area contributed by atoms with Crippen molar-refractivity contribution in [3.05, 3.63) is 59.4 Å². The Morgan fingerprint density at radius 1 is 1.04 bits per heavy atom. The second kappa shape index (κ2) is 9.00. The number of nitrogens with zero attached hydrogens (tertiary/aromatic N) is 2. The summed E-state index contributed by atoms with van der Waals surface area (Å²) >= 11 is 6.03. The quantitative estimate of drug-likeness (QED) is 0.772. The lowest BCUT2D eigenvalue weighted by Crippen LogP contribution is -2.49. The second-order valence-corrected chi connectivity index (χ2v) is 8.77. The average Bonchev–Trinajstić information content (AvgIpc) is 2.69. The van der Waals surface area contributed by atoms with E-state index in [0.717, 1.165) is 0 Å². The van der Waals surface area contributed by atoms with Gasteiger partial charge in [0.15, 0.2) is 0 Å². The normalized spacial score (nSPS) is 16.1. The number of sulfonamides is 1. The summed E-state index contributed by atoms with van der Waals surface area (Å²) in [4.78, 5) is 14.1. The van der Waals surface area contributed by atoms with Gasteiger partial charge in [0, 0.05) is 39.1 Å². The maximum atomic E-state index is 13.6. The van der Waals surface area contributed by atoms with Crippen molar-refractivity contribution in [3.8, 4) is 0 Å². The van der Waals surface area contributed by atoms with Crippen molar-refractivity contribution in [2.45, 2.75) is 11.3 Å². The molecule has 0 unspecified atom stereocenters. The lowest BCUT2D eigenvalue weighted by Gasteiger charge is -2.34. The summed E-state index contributed by atoms with van der Waals surface area (Å²) < 4.78 is 40.5. The Balaban J connectivity index is 1.50. The molecule has 2 aromatic rings. The van der Waals surface area contributed by atoms with E-state index in [1.165, 1.54) is 22.5 Å². The second-order valence-electron chi connectivity index (χ2n) is 6.45. The molecular weight excluding hydrogens is 405 g/mol. The number of hydrogen-bond donors (Lipinski definition) is 1. The molecule has 28 heavy (non-hydrogen) atoms. The van der Waals surface area contributed by atoms with Crippen LogP contribution in [-0.4, -0.2) is 56.3 Å². The van der Waals surface area contributed by atoms with Gasteiger partial charge < -0.3 is 10.2 Å². The largest absolute Gasteiger partial charge is 0.324 e. The first-order valence-corrected chi connectivity index (χ1v) is 10.7. The summed E-state index contributed by atoms with van der Waals surface area (Å²) in [5, 5.41) is 2.75. The average molecular weight is 426 g/mol. The van der Waals surface area contributed by atoms with Crippen LogP contribution in [0.5, 0.6) is 0 Å². The van der Waals surface area contributed by atoms with Crippen LogP contribution < -0.4 is 5.32 Å². The molecule has 150 valence electrons. The smallest absolute Gasteiger partial charge is 0.244 e. The number of para-hydroxylation sites is 1. The van der Waals surface area contributed by atoms with E-state index in [9.17, 15) is 17.6 Å². The molecule has 0 radical (unpaired) electrons. The number of carbonyl (C=O) groups is 1. The van der Waals surface area contributed by atoms with E-state index in [-0.39, 0.29) is 27.9 Å². The Morgan fingerprint density at radius 2 is 1.68 bits per heavy atom. The highest BCUT2D eigenvalue weighted by Crippen LogP contribution is 2.25. The molecule has 3 rings (SSSR count). The molecule has 1 heterocycles. The third-order valence-electron chi connectivity index (χ3n) is 4.59. The van der Waals surface area contributed by atoms with Crippen molar-refractivity contribution in [1.29, 1.82) is 0 Å². The van der Waals surface area contributed by atoms with E-state index >= 15 is 0 Å². The molecule has 1 aliphatic heterocycles. The summed E-state index contributed by atoms with van der Waals surface area (Å²) in [6, 6.07) is 12.4. The zero-order valence-corrected chi connectivity index (χ0v) is 16.7. The Hall–Kier alpha value is -2.00. The molecule has 0 bridgehead atoms. The van der Waals surface area contributed by atoms with Gasteiger partial charge in [0.1, 0.15) is 10.7 Å². The van der Waals surface area contributed by atoms with Crippen molar-refractivity contribution < 1.29 is 17.6 Å². The number of carbonyl (C=O) groups excluding carboxylic acids is 1. The standard InChI is InChI=1S/C19H21ClFN3O3S/c20-15-5-1-4-8-18(15)28(26,27)24-13-11-23(12-14-24)10-9-19(25)22-17-7-3-2-6-16(17)21/h1-8H,9-14H2,(H,22,25). The third kappa shape index (κ3) is 4.88. The van der Waals surface area contributed by atoms with Crippen LogP contribution >= 0.6 is 11.6 Å². The first-order valence-electron chi connectivity index (χ1n) is 8.89. The van der Waals surface area contributed by atoms with E-state index in [1.54, 1.807) is 30.3 Å². The fourth-order valence-corrected chi connectivity index (χ4v) is 4.94. The van der Waals surface area contributed by atoms with Gasteiger partial charge in [-0.05, 0) is 24.3 Å². The minimum absolute atomic E-state index is 0.106. The predicted molar refractivity (Wildman–Crippen MR) is 106 cm³/mol.